The fourth-order valence-electron chi connectivity index (χ4n) is 3.72. The number of benzene rings is 2. The molecule has 5 nitrogen and oxygen atoms in total. The minimum atomic E-state index is -0.220. The van der Waals surface area contributed by atoms with Crippen molar-refractivity contribution in [3.8, 4) is 11.5 Å². The molecule has 2 N–H and O–H groups in total. The van der Waals surface area contributed by atoms with Crippen LogP contribution in [0.25, 0.3) is 0 Å². The lowest BCUT2D eigenvalue weighted by Crippen LogP contribution is -2.09. The molecule has 5 heteroatoms. The van der Waals surface area contributed by atoms with E-state index in [1.807, 2.05) is 30.3 Å². The van der Waals surface area contributed by atoms with Crippen LogP contribution in [0.15, 0.2) is 36.4 Å². The Kier molecular flexibility index (Phi) is 3.99. The van der Waals surface area contributed by atoms with E-state index in [9.17, 15) is 4.79 Å². The number of hydrogen-bond donors (Lipinski definition) is 1. The van der Waals surface area contributed by atoms with Gasteiger partial charge < -0.3 is 19.9 Å². The van der Waals surface area contributed by atoms with E-state index in [-0.39, 0.29) is 18.0 Å². The molecule has 25 heavy (non-hydrogen) atoms. The third-order valence-electron chi connectivity index (χ3n) is 5.04. The zero-order valence-electron chi connectivity index (χ0n) is 14.2. The number of esters is 1. The average molecular weight is 339 g/mol. The first-order chi connectivity index (χ1) is 12.2. The summed E-state index contributed by atoms with van der Waals surface area (Å²) >= 11 is 0. The van der Waals surface area contributed by atoms with Crippen LogP contribution in [0.1, 0.15) is 41.6 Å². The summed E-state index contributed by atoms with van der Waals surface area (Å²) in [5.74, 6) is 1.39. The number of anilines is 1. The highest BCUT2D eigenvalue weighted by molar-refractivity contribution is 5.71. The van der Waals surface area contributed by atoms with Crippen LogP contribution in [-0.2, 0) is 16.0 Å². The number of fused-ring (bicyclic) bond motifs is 2. The van der Waals surface area contributed by atoms with Crippen LogP contribution in [0.5, 0.6) is 11.5 Å². The molecule has 0 aromatic heterocycles. The van der Waals surface area contributed by atoms with Gasteiger partial charge in [-0.1, -0.05) is 18.2 Å². The fourth-order valence-corrected chi connectivity index (χ4v) is 3.72. The molecule has 0 saturated heterocycles. The maximum atomic E-state index is 11.5. The van der Waals surface area contributed by atoms with E-state index < -0.39 is 0 Å². The van der Waals surface area contributed by atoms with Gasteiger partial charge in [-0.2, -0.15) is 0 Å². The summed E-state index contributed by atoms with van der Waals surface area (Å²) in [6.07, 6.45) is 2.21. The summed E-state index contributed by atoms with van der Waals surface area (Å²) in [6.45, 7) is 0.497. The monoisotopic (exact) mass is 339 g/mol. The topological polar surface area (TPSA) is 70.8 Å². The van der Waals surface area contributed by atoms with E-state index in [1.54, 1.807) is 0 Å². The number of hydrogen-bond acceptors (Lipinski definition) is 5. The Morgan fingerprint density at radius 1 is 1.28 bits per heavy atom. The van der Waals surface area contributed by atoms with Gasteiger partial charge >= 0.3 is 5.97 Å². The predicted octanol–water partition coefficient (Wildman–Crippen LogP) is 3.37. The van der Waals surface area contributed by atoms with Gasteiger partial charge in [-0.3, -0.25) is 4.79 Å². The number of carbonyl (C=O) groups excluding carboxylic acids is 1. The second kappa shape index (κ2) is 6.31. The van der Waals surface area contributed by atoms with Gasteiger partial charge in [-0.25, -0.2) is 0 Å². The molecule has 0 radical (unpaired) electrons. The highest BCUT2D eigenvalue weighted by Crippen LogP contribution is 2.41. The van der Waals surface area contributed by atoms with Gasteiger partial charge in [0.15, 0.2) is 0 Å². The summed E-state index contributed by atoms with van der Waals surface area (Å²) in [4.78, 5) is 11.5. The van der Waals surface area contributed by atoms with Crippen molar-refractivity contribution >= 4 is 11.7 Å². The Labute approximate surface area is 146 Å². The molecule has 2 aromatic carbocycles. The van der Waals surface area contributed by atoms with Gasteiger partial charge in [0.1, 0.15) is 17.6 Å². The molecule has 0 spiro atoms. The number of nitrogens with two attached hydrogens (primary N) is 1. The van der Waals surface area contributed by atoms with E-state index >= 15 is 0 Å². The maximum Gasteiger partial charge on any atom is 0.306 e. The van der Waals surface area contributed by atoms with Crippen molar-refractivity contribution in [3.63, 3.8) is 0 Å². The van der Waals surface area contributed by atoms with Crippen LogP contribution in [0.3, 0.4) is 0 Å². The Bertz CT molecular complexity index is 817. The summed E-state index contributed by atoms with van der Waals surface area (Å²) in [6, 6.07) is 11.8. The van der Waals surface area contributed by atoms with Crippen LogP contribution in [-0.4, -0.2) is 19.7 Å². The number of carbonyl (C=O) groups is 1. The van der Waals surface area contributed by atoms with Crippen molar-refractivity contribution in [3.05, 3.63) is 53.1 Å². The molecule has 0 fully saturated rings. The zero-order valence-corrected chi connectivity index (χ0v) is 14.2. The van der Waals surface area contributed by atoms with Crippen molar-refractivity contribution < 1.29 is 19.0 Å². The normalized spacial score (nSPS) is 20.5. The second-order valence-corrected chi connectivity index (χ2v) is 6.55. The lowest BCUT2D eigenvalue weighted by Gasteiger charge is -2.16. The van der Waals surface area contributed by atoms with Crippen LogP contribution in [0, 0.1) is 0 Å². The first-order valence-corrected chi connectivity index (χ1v) is 8.53. The quantitative estimate of drug-likeness (QED) is 0.683. The van der Waals surface area contributed by atoms with Crippen molar-refractivity contribution in [1.29, 1.82) is 0 Å². The molecule has 2 atom stereocenters. The molecule has 2 aliphatic rings. The Hall–Kier alpha value is -2.69. The van der Waals surface area contributed by atoms with E-state index in [0.29, 0.717) is 13.0 Å². The molecule has 1 heterocycles. The van der Waals surface area contributed by atoms with Crippen molar-refractivity contribution in [2.24, 2.45) is 0 Å². The number of rotatable bonds is 4. The molecule has 0 bridgehead atoms. The minimum absolute atomic E-state index is 0.0174. The van der Waals surface area contributed by atoms with Gasteiger partial charge in [0, 0.05) is 23.2 Å². The summed E-state index contributed by atoms with van der Waals surface area (Å²) in [5, 5.41) is 0. The van der Waals surface area contributed by atoms with E-state index in [2.05, 4.69) is 6.07 Å². The lowest BCUT2D eigenvalue weighted by molar-refractivity contribution is -0.141. The molecule has 2 aromatic rings. The van der Waals surface area contributed by atoms with Crippen molar-refractivity contribution in [2.45, 2.75) is 31.3 Å². The van der Waals surface area contributed by atoms with Gasteiger partial charge in [-0.05, 0) is 36.1 Å². The summed E-state index contributed by atoms with van der Waals surface area (Å²) in [5.41, 5.74) is 10.3. The number of nitrogen functional groups attached to an aromatic ring is 1. The summed E-state index contributed by atoms with van der Waals surface area (Å²) < 4.78 is 16.7. The standard InChI is InChI=1S/C20H21NO4/c1-23-20(22)9-12-11-24-19-10-13(5-6-14(12)19)25-18-8-7-15-16(18)3-2-4-17(15)21/h2-6,10,12,18H,7-9,11,21H2,1H3/t12-,18-/m1/s1. The van der Waals surface area contributed by atoms with E-state index in [1.165, 1.54) is 18.2 Å². The molecule has 130 valence electrons. The Morgan fingerprint density at radius 3 is 3.00 bits per heavy atom. The number of methoxy groups -OCH3 is 1. The number of ether oxygens (including phenoxy) is 3. The van der Waals surface area contributed by atoms with Crippen molar-refractivity contribution in [1.82, 2.24) is 0 Å². The van der Waals surface area contributed by atoms with Crippen molar-refractivity contribution in [2.75, 3.05) is 19.5 Å². The third kappa shape index (κ3) is 2.90. The molecule has 1 aliphatic carbocycles. The highest BCUT2D eigenvalue weighted by Gasteiger charge is 2.29. The molecular weight excluding hydrogens is 318 g/mol. The average Bonchev–Trinajstić information content (AvgIpc) is 3.20. The van der Waals surface area contributed by atoms with Gasteiger partial charge in [0.25, 0.3) is 0 Å². The Balaban J connectivity index is 1.51. The van der Waals surface area contributed by atoms with Crippen LogP contribution >= 0.6 is 0 Å². The lowest BCUT2D eigenvalue weighted by atomic mass is 9.98. The largest absolute Gasteiger partial charge is 0.492 e. The minimum Gasteiger partial charge on any atom is -0.492 e. The smallest absolute Gasteiger partial charge is 0.306 e. The molecule has 4 rings (SSSR count). The fraction of sp³-hybridized carbons (Fsp3) is 0.350. The van der Waals surface area contributed by atoms with Gasteiger partial charge in [0.2, 0.25) is 0 Å². The molecular formula is C20H21NO4. The molecule has 0 unspecified atom stereocenters. The summed E-state index contributed by atoms with van der Waals surface area (Å²) in [7, 11) is 1.40. The molecule has 0 amide bonds. The van der Waals surface area contributed by atoms with Gasteiger partial charge in [-0.15, -0.1) is 0 Å². The third-order valence-corrected chi connectivity index (χ3v) is 5.04. The Morgan fingerprint density at radius 2 is 2.16 bits per heavy atom. The first-order valence-electron chi connectivity index (χ1n) is 8.53. The zero-order chi connectivity index (χ0) is 17.4. The second-order valence-electron chi connectivity index (χ2n) is 6.55. The molecule has 1 aliphatic heterocycles. The first kappa shape index (κ1) is 15.8. The maximum absolute atomic E-state index is 11.5. The van der Waals surface area contributed by atoms with Crippen LogP contribution in [0.4, 0.5) is 5.69 Å². The highest BCUT2D eigenvalue weighted by atomic mass is 16.5. The van der Waals surface area contributed by atoms with Crippen LogP contribution < -0.4 is 15.2 Å². The SMILES string of the molecule is COC(=O)C[C@@H]1COc2cc(O[C@@H]3CCc4c(N)cccc43)ccc21. The predicted molar refractivity (Wildman–Crippen MR) is 93.9 cm³/mol. The van der Waals surface area contributed by atoms with Crippen LogP contribution in [0.2, 0.25) is 0 Å². The van der Waals surface area contributed by atoms with E-state index in [0.717, 1.165) is 35.6 Å². The molecule has 0 saturated carbocycles. The van der Waals surface area contributed by atoms with Gasteiger partial charge in [0.05, 0.1) is 20.1 Å². The van der Waals surface area contributed by atoms with E-state index in [4.69, 9.17) is 19.9 Å².